The van der Waals surface area contributed by atoms with Crippen LogP contribution in [0, 0.1) is 17.1 Å². The van der Waals surface area contributed by atoms with E-state index in [1.807, 2.05) is 12.1 Å². The van der Waals surface area contributed by atoms with Crippen molar-refractivity contribution in [3.63, 3.8) is 0 Å². The van der Waals surface area contributed by atoms with Crippen LogP contribution in [0.1, 0.15) is 36.6 Å². The molecule has 1 aromatic heterocycles. The first kappa shape index (κ1) is 19.3. The maximum absolute atomic E-state index is 13.3. The van der Waals surface area contributed by atoms with Gasteiger partial charge in [0.15, 0.2) is 11.1 Å². The molecule has 1 atom stereocenters. The van der Waals surface area contributed by atoms with Gasteiger partial charge in [-0.05, 0) is 49.2 Å². The Labute approximate surface area is 168 Å². The number of anilines is 1. The molecule has 0 aliphatic heterocycles. The number of nitrogens with zero attached hydrogens (tertiary/aromatic N) is 3. The fourth-order valence-electron chi connectivity index (χ4n) is 3.60. The fourth-order valence-corrected chi connectivity index (χ4v) is 4.99. The number of aromatic nitrogens is 2. The maximum Gasteiger partial charge on any atom is 0.200 e. The van der Waals surface area contributed by atoms with Gasteiger partial charge in [0.25, 0.3) is 0 Å². The number of halogens is 1. The van der Waals surface area contributed by atoms with Crippen molar-refractivity contribution in [2.24, 2.45) is 0 Å². The van der Waals surface area contributed by atoms with Gasteiger partial charge in [-0.25, -0.2) is 22.8 Å². The first-order chi connectivity index (χ1) is 14.0. The summed E-state index contributed by atoms with van der Waals surface area (Å²) in [6.45, 7) is 0. The monoisotopic (exact) mass is 410 g/mol. The van der Waals surface area contributed by atoms with E-state index in [9.17, 15) is 18.1 Å². The Morgan fingerprint density at radius 1 is 1.03 bits per heavy atom. The van der Waals surface area contributed by atoms with E-state index in [0.29, 0.717) is 16.9 Å². The first-order valence-corrected chi connectivity index (χ1v) is 11.0. The molecule has 0 radical (unpaired) electrons. The Balaban J connectivity index is 1.84. The predicted octanol–water partition coefficient (Wildman–Crippen LogP) is 4.16. The Morgan fingerprint density at radius 3 is 2.28 bits per heavy atom. The van der Waals surface area contributed by atoms with E-state index in [2.05, 4.69) is 15.3 Å². The van der Waals surface area contributed by atoms with Gasteiger partial charge in [-0.1, -0.05) is 25.0 Å². The number of nitrogens with one attached hydrogen (secondary N) is 1. The average Bonchev–Trinajstić information content (AvgIpc) is 3.22. The van der Waals surface area contributed by atoms with Crippen LogP contribution >= 0.6 is 0 Å². The van der Waals surface area contributed by atoms with Gasteiger partial charge in [-0.2, -0.15) is 5.26 Å². The molecule has 1 saturated carbocycles. The summed E-state index contributed by atoms with van der Waals surface area (Å²) in [5.41, 5.74) is 1.20. The van der Waals surface area contributed by atoms with Crippen LogP contribution in [0.25, 0.3) is 11.0 Å². The number of benzene rings is 2. The van der Waals surface area contributed by atoms with Gasteiger partial charge >= 0.3 is 0 Å². The minimum Gasteiger partial charge on any atom is -0.366 e. The topological polar surface area (TPSA) is 95.7 Å². The Morgan fingerprint density at radius 2 is 1.66 bits per heavy atom. The molecular weight excluding hydrogens is 391 g/mol. The van der Waals surface area contributed by atoms with Gasteiger partial charge in [0, 0.05) is 6.04 Å². The summed E-state index contributed by atoms with van der Waals surface area (Å²) >= 11 is 0. The van der Waals surface area contributed by atoms with Crippen LogP contribution in [0.4, 0.5) is 10.2 Å². The summed E-state index contributed by atoms with van der Waals surface area (Å²) in [4.78, 5) is 8.94. The van der Waals surface area contributed by atoms with Gasteiger partial charge in [0.2, 0.25) is 9.84 Å². The summed E-state index contributed by atoms with van der Waals surface area (Å²) < 4.78 is 39.6. The lowest BCUT2D eigenvalue weighted by atomic mass is 10.2. The van der Waals surface area contributed by atoms with Crippen molar-refractivity contribution in [2.75, 3.05) is 5.32 Å². The molecule has 2 aromatic carbocycles. The van der Waals surface area contributed by atoms with E-state index in [1.54, 1.807) is 18.2 Å². The van der Waals surface area contributed by atoms with Crippen molar-refractivity contribution in [1.29, 1.82) is 5.26 Å². The molecule has 0 saturated heterocycles. The van der Waals surface area contributed by atoms with Crippen LogP contribution in [0.3, 0.4) is 0 Å². The lowest BCUT2D eigenvalue weighted by molar-refractivity contribution is 0.589. The van der Waals surface area contributed by atoms with E-state index in [1.165, 1.54) is 0 Å². The second-order valence-electron chi connectivity index (χ2n) is 7.08. The third kappa shape index (κ3) is 3.78. The quantitative estimate of drug-likeness (QED) is 0.635. The van der Waals surface area contributed by atoms with Gasteiger partial charge in [0.1, 0.15) is 11.5 Å². The number of para-hydroxylation sites is 2. The van der Waals surface area contributed by atoms with Crippen LogP contribution in [0.15, 0.2) is 53.4 Å². The van der Waals surface area contributed by atoms with E-state index in [4.69, 9.17) is 0 Å². The normalized spacial score (nSPS) is 15.9. The molecule has 29 heavy (non-hydrogen) atoms. The highest BCUT2D eigenvalue weighted by atomic mass is 32.2. The van der Waals surface area contributed by atoms with Gasteiger partial charge < -0.3 is 5.32 Å². The van der Waals surface area contributed by atoms with Crippen molar-refractivity contribution >= 4 is 26.7 Å². The van der Waals surface area contributed by atoms with E-state index < -0.39 is 20.9 Å². The molecule has 1 N–H and O–H groups in total. The summed E-state index contributed by atoms with van der Waals surface area (Å²) in [6.07, 6.45) is 4.08. The number of fused-ring (bicyclic) bond motifs is 1. The minimum atomic E-state index is -4.12. The highest BCUT2D eigenvalue weighted by Crippen LogP contribution is 2.33. The molecule has 0 amide bonds. The van der Waals surface area contributed by atoms with E-state index in [0.717, 1.165) is 49.9 Å². The number of sulfone groups is 1. The number of hydrogen-bond donors (Lipinski definition) is 1. The molecule has 1 aliphatic carbocycles. The second kappa shape index (κ2) is 7.76. The summed E-state index contributed by atoms with van der Waals surface area (Å²) in [5.74, 6) is -0.237. The van der Waals surface area contributed by atoms with Gasteiger partial charge in [-0.15, -0.1) is 0 Å². The van der Waals surface area contributed by atoms with Crippen molar-refractivity contribution in [1.82, 2.24) is 9.97 Å². The fraction of sp³-hybridized carbons (Fsp3) is 0.286. The zero-order valence-electron chi connectivity index (χ0n) is 15.5. The lowest BCUT2D eigenvalue weighted by Crippen LogP contribution is -2.21. The smallest absolute Gasteiger partial charge is 0.200 e. The van der Waals surface area contributed by atoms with Crippen molar-refractivity contribution < 1.29 is 12.8 Å². The maximum atomic E-state index is 13.3. The summed E-state index contributed by atoms with van der Waals surface area (Å²) in [7, 11) is -4.12. The highest BCUT2D eigenvalue weighted by Gasteiger charge is 2.34. The van der Waals surface area contributed by atoms with Crippen molar-refractivity contribution in [2.45, 2.75) is 41.9 Å². The van der Waals surface area contributed by atoms with E-state index >= 15 is 0 Å². The van der Waals surface area contributed by atoms with Crippen LogP contribution in [0.5, 0.6) is 0 Å². The Hall–Kier alpha value is -3.05. The molecule has 3 aromatic rings. The summed E-state index contributed by atoms with van der Waals surface area (Å²) in [6, 6.07) is 13.6. The SMILES string of the molecule is N#C[C@@H](c1nc2ccccc2nc1NC1CCCC1)S(=O)(=O)c1ccc(F)cc1. The third-order valence-electron chi connectivity index (χ3n) is 5.11. The van der Waals surface area contributed by atoms with Crippen LogP contribution in [-0.2, 0) is 9.84 Å². The molecule has 8 heteroatoms. The first-order valence-electron chi connectivity index (χ1n) is 9.41. The minimum absolute atomic E-state index is 0.0717. The van der Waals surface area contributed by atoms with Gasteiger partial charge in [-0.3, -0.25) is 0 Å². The Bertz CT molecular complexity index is 1180. The molecule has 1 fully saturated rings. The van der Waals surface area contributed by atoms with Crippen molar-refractivity contribution in [3.05, 3.63) is 60.0 Å². The van der Waals surface area contributed by atoms with Crippen LogP contribution in [0.2, 0.25) is 0 Å². The molecule has 4 rings (SSSR count). The van der Waals surface area contributed by atoms with Crippen LogP contribution < -0.4 is 5.32 Å². The Kier molecular flexibility index (Phi) is 5.16. The van der Waals surface area contributed by atoms with Gasteiger partial charge in [0.05, 0.1) is 22.0 Å². The van der Waals surface area contributed by atoms with Crippen LogP contribution in [-0.4, -0.2) is 24.4 Å². The molecular formula is C21H19FN4O2S. The number of hydrogen-bond acceptors (Lipinski definition) is 6. The molecule has 0 bridgehead atoms. The molecule has 0 spiro atoms. The lowest BCUT2D eigenvalue weighted by Gasteiger charge is -2.19. The highest BCUT2D eigenvalue weighted by molar-refractivity contribution is 7.92. The number of nitriles is 1. The molecule has 0 unspecified atom stereocenters. The average molecular weight is 410 g/mol. The summed E-state index contributed by atoms with van der Waals surface area (Å²) in [5, 5.41) is 11.5. The van der Waals surface area contributed by atoms with E-state index in [-0.39, 0.29) is 16.6 Å². The second-order valence-corrected chi connectivity index (χ2v) is 9.11. The number of rotatable bonds is 5. The zero-order valence-corrected chi connectivity index (χ0v) is 16.4. The molecule has 6 nitrogen and oxygen atoms in total. The molecule has 1 heterocycles. The zero-order chi connectivity index (χ0) is 20.4. The molecule has 148 valence electrons. The predicted molar refractivity (Wildman–Crippen MR) is 107 cm³/mol. The standard InChI is InChI=1S/C21H19FN4O2S/c22-14-9-11-16(12-10-14)29(27,28)19(13-23)20-21(24-15-5-1-2-6-15)26-18-8-4-3-7-17(18)25-20/h3-4,7-12,15,19H,1-2,5-6H2,(H,24,26)/t19-/m0/s1. The third-order valence-corrected chi connectivity index (χ3v) is 6.99. The molecule has 1 aliphatic rings. The van der Waals surface area contributed by atoms with Crippen molar-refractivity contribution in [3.8, 4) is 6.07 Å². The largest absolute Gasteiger partial charge is 0.366 e.